The fraction of sp³-hybridized carbons (Fsp3) is 0.125. The van der Waals surface area contributed by atoms with E-state index in [1.807, 2.05) is 0 Å². The monoisotopic (exact) mass is 310 g/mol. The number of anilines is 1. The van der Waals surface area contributed by atoms with E-state index >= 15 is 0 Å². The van der Waals surface area contributed by atoms with Gasteiger partial charge >= 0.3 is 0 Å². The third-order valence-electron chi connectivity index (χ3n) is 1.60. The second-order valence-electron chi connectivity index (χ2n) is 2.40. The Balaban J connectivity index is 3.33. The summed E-state index contributed by atoms with van der Waals surface area (Å²) >= 11 is 7.88. The third kappa shape index (κ3) is 2.05. The summed E-state index contributed by atoms with van der Waals surface area (Å²) in [5, 5.41) is 2.86. The Morgan fingerprint density at radius 3 is 2.77 bits per heavy atom. The summed E-state index contributed by atoms with van der Waals surface area (Å²) in [6.45, 7) is 0. The highest BCUT2D eigenvalue weighted by atomic mass is 127. The molecule has 0 radical (unpaired) electrons. The molecule has 0 aliphatic heterocycles. The minimum Gasteiger partial charge on any atom is -0.397 e. The molecule has 3 N–H and O–H groups in total. The minimum atomic E-state index is -0.263. The second-order valence-corrected chi connectivity index (χ2v) is 3.97. The van der Waals surface area contributed by atoms with E-state index in [0.29, 0.717) is 16.3 Å². The fourth-order valence-corrected chi connectivity index (χ4v) is 1.62. The number of rotatable bonds is 1. The predicted octanol–water partition coefficient (Wildman–Crippen LogP) is 1.89. The number of hydrogen-bond acceptors (Lipinski definition) is 2. The Morgan fingerprint density at radius 2 is 2.23 bits per heavy atom. The molecule has 0 aromatic heterocycles. The van der Waals surface area contributed by atoms with Crippen LogP contribution < -0.4 is 11.1 Å². The number of halogens is 2. The maximum atomic E-state index is 11.3. The molecular weight excluding hydrogens is 302 g/mol. The Hall–Kier alpha value is -0.490. The molecule has 1 amide bonds. The molecule has 0 heterocycles. The molecule has 0 bridgehead atoms. The van der Waals surface area contributed by atoms with Crippen LogP contribution in [0.2, 0.25) is 5.02 Å². The quantitative estimate of drug-likeness (QED) is 0.615. The molecule has 0 unspecified atom stereocenters. The highest BCUT2D eigenvalue weighted by Gasteiger charge is 2.14. The molecule has 1 rings (SSSR count). The van der Waals surface area contributed by atoms with Crippen LogP contribution in [0.4, 0.5) is 5.69 Å². The summed E-state index contributed by atoms with van der Waals surface area (Å²) < 4.78 is 0.820. The largest absolute Gasteiger partial charge is 0.397 e. The molecule has 70 valence electrons. The zero-order valence-corrected chi connectivity index (χ0v) is 9.81. The molecule has 0 spiro atoms. The molecular formula is C8H8ClIN2O. The van der Waals surface area contributed by atoms with Crippen LogP contribution in [0, 0.1) is 3.57 Å². The summed E-state index contributed by atoms with van der Waals surface area (Å²) in [4.78, 5) is 11.3. The van der Waals surface area contributed by atoms with Crippen LogP contribution >= 0.6 is 34.2 Å². The van der Waals surface area contributed by atoms with Crippen molar-refractivity contribution in [2.45, 2.75) is 0 Å². The lowest BCUT2D eigenvalue weighted by atomic mass is 10.1. The predicted molar refractivity (Wildman–Crippen MR) is 62.0 cm³/mol. The number of hydrogen-bond donors (Lipinski definition) is 2. The van der Waals surface area contributed by atoms with Gasteiger partial charge in [0.05, 0.1) is 16.3 Å². The van der Waals surface area contributed by atoms with E-state index in [0.717, 1.165) is 3.57 Å². The maximum absolute atomic E-state index is 11.3. The lowest BCUT2D eigenvalue weighted by Gasteiger charge is -2.07. The molecule has 0 fully saturated rings. The number of nitrogens with two attached hydrogens (primary N) is 1. The molecule has 1 aromatic rings. The Morgan fingerprint density at radius 1 is 1.62 bits per heavy atom. The first-order valence-electron chi connectivity index (χ1n) is 3.53. The summed E-state index contributed by atoms with van der Waals surface area (Å²) in [6, 6.07) is 3.43. The van der Waals surface area contributed by atoms with Gasteiger partial charge < -0.3 is 11.1 Å². The standard InChI is InChI=1S/C8H8ClIN2O/c1-12-8(13)6-4(9)2-3-5(10)7(6)11/h2-3H,11H2,1H3,(H,12,13). The van der Waals surface area contributed by atoms with E-state index in [9.17, 15) is 4.79 Å². The molecule has 0 aliphatic carbocycles. The normalized spacial score (nSPS) is 9.77. The van der Waals surface area contributed by atoms with E-state index in [1.165, 1.54) is 7.05 Å². The maximum Gasteiger partial charge on any atom is 0.254 e. The van der Waals surface area contributed by atoms with E-state index in [2.05, 4.69) is 27.9 Å². The minimum absolute atomic E-state index is 0.263. The summed E-state index contributed by atoms with van der Waals surface area (Å²) in [5.41, 5.74) is 6.47. The topological polar surface area (TPSA) is 55.1 Å². The highest BCUT2D eigenvalue weighted by molar-refractivity contribution is 14.1. The molecule has 13 heavy (non-hydrogen) atoms. The van der Waals surface area contributed by atoms with Gasteiger partial charge in [0.25, 0.3) is 5.91 Å². The first kappa shape index (κ1) is 10.6. The van der Waals surface area contributed by atoms with Crippen LogP contribution in [-0.4, -0.2) is 13.0 Å². The number of carbonyl (C=O) groups is 1. The fourth-order valence-electron chi connectivity index (χ4n) is 0.923. The zero-order chi connectivity index (χ0) is 10.0. The number of amides is 1. The van der Waals surface area contributed by atoms with Crippen molar-refractivity contribution in [3.8, 4) is 0 Å². The van der Waals surface area contributed by atoms with Crippen LogP contribution in [0.15, 0.2) is 12.1 Å². The molecule has 5 heteroatoms. The van der Waals surface area contributed by atoms with Crippen LogP contribution in [0.5, 0.6) is 0 Å². The number of benzene rings is 1. The molecule has 0 saturated heterocycles. The van der Waals surface area contributed by atoms with E-state index in [1.54, 1.807) is 12.1 Å². The van der Waals surface area contributed by atoms with Crippen molar-refractivity contribution >= 4 is 45.8 Å². The summed E-state index contributed by atoms with van der Waals surface area (Å²) in [7, 11) is 1.54. The van der Waals surface area contributed by atoms with Crippen molar-refractivity contribution in [2.24, 2.45) is 0 Å². The van der Waals surface area contributed by atoms with Crippen molar-refractivity contribution < 1.29 is 4.79 Å². The van der Waals surface area contributed by atoms with Gasteiger partial charge in [0, 0.05) is 10.6 Å². The van der Waals surface area contributed by atoms with Crippen molar-refractivity contribution in [2.75, 3.05) is 12.8 Å². The summed E-state index contributed by atoms with van der Waals surface area (Å²) in [5.74, 6) is -0.263. The van der Waals surface area contributed by atoms with Crippen molar-refractivity contribution in [3.63, 3.8) is 0 Å². The zero-order valence-electron chi connectivity index (χ0n) is 6.90. The van der Waals surface area contributed by atoms with Gasteiger partial charge in [0.2, 0.25) is 0 Å². The van der Waals surface area contributed by atoms with E-state index < -0.39 is 0 Å². The van der Waals surface area contributed by atoms with E-state index in [4.69, 9.17) is 17.3 Å². The Labute approximate surface area is 94.8 Å². The van der Waals surface area contributed by atoms with Gasteiger partial charge in [-0.25, -0.2) is 0 Å². The van der Waals surface area contributed by atoms with Gasteiger partial charge in [0.15, 0.2) is 0 Å². The number of nitrogens with one attached hydrogen (secondary N) is 1. The first-order valence-corrected chi connectivity index (χ1v) is 4.99. The molecule has 3 nitrogen and oxygen atoms in total. The van der Waals surface area contributed by atoms with Crippen LogP contribution in [0.3, 0.4) is 0 Å². The lowest BCUT2D eigenvalue weighted by molar-refractivity contribution is 0.0964. The van der Waals surface area contributed by atoms with Crippen LogP contribution in [0.1, 0.15) is 10.4 Å². The van der Waals surface area contributed by atoms with Gasteiger partial charge in [-0.15, -0.1) is 0 Å². The lowest BCUT2D eigenvalue weighted by Crippen LogP contribution is -2.20. The average Bonchev–Trinajstić information content (AvgIpc) is 2.12. The highest BCUT2D eigenvalue weighted by Crippen LogP contribution is 2.26. The smallest absolute Gasteiger partial charge is 0.254 e. The Bertz CT molecular complexity index is 354. The molecule has 0 atom stereocenters. The van der Waals surface area contributed by atoms with Gasteiger partial charge in [-0.3, -0.25) is 4.79 Å². The average molecular weight is 311 g/mol. The SMILES string of the molecule is CNC(=O)c1c(Cl)ccc(I)c1N. The van der Waals surface area contributed by atoms with Crippen molar-refractivity contribution in [3.05, 3.63) is 26.3 Å². The number of nitrogen functional groups attached to an aromatic ring is 1. The second kappa shape index (κ2) is 4.15. The van der Waals surface area contributed by atoms with Gasteiger partial charge in [-0.2, -0.15) is 0 Å². The number of carbonyl (C=O) groups excluding carboxylic acids is 1. The van der Waals surface area contributed by atoms with Crippen LogP contribution in [-0.2, 0) is 0 Å². The van der Waals surface area contributed by atoms with Crippen LogP contribution in [0.25, 0.3) is 0 Å². The molecule has 0 aliphatic rings. The first-order chi connectivity index (χ1) is 6.07. The van der Waals surface area contributed by atoms with Gasteiger partial charge in [-0.1, -0.05) is 11.6 Å². The van der Waals surface area contributed by atoms with E-state index in [-0.39, 0.29) is 5.91 Å². The van der Waals surface area contributed by atoms with Gasteiger partial charge in [-0.05, 0) is 34.7 Å². The third-order valence-corrected chi connectivity index (χ3v) is 2.85. The molecule has 1 aromatic carbocycles. The van der Waals surface area contributed by atoms with Gasteiger partial charge in [0.1, 0.15) is 0 Å². The summed E-state index contributed by atoms with van der Waals surface area (Å²) in [6.07, 6.45) is 0. The Kier molecular flexibility index (Phi) is 3.38. The molecule has 0 saturated carbocycles. The van der Waals surface area contributed by atoms with Crippen molar-refractivity contribution in [1.29, 1.82) is 0 Å². The van der Waals surface area contributed by atoms with Crippen molar-refractivity contribution in [1.82, 2.24) is 5.32 Å².